The van der Waals surface area contributed by atoms with Crippen molar-refractivity contribution in [1.82, 2.24) is 15.1 Å². The number of nitrogens with one attached hydrogen (secondary N) is 1. The molecule has 0 spiro atoms. The van der Waals surface area contributed by atoms with Gasteiger partial charge in [-0.2, -0.15) is 5.10 Å². The monoisotopic (exact) mass is 263 g/mol. The molecule has 1 atom stereocenters. The number of rotatable bonds is 5. The van der Waals surface area contributed by atoms with Crippen molar-refractivity contribution in [2.45, 2.75) is 33.0 Å². The minimum Gasteiger partial charge on any atom is -0.305 e. The van der Waals surface area contributed by atoms with E-state index in [4.69, 9.17) is 11.6 Å². The molecule has 0 fully saturated rings. The van der Waals surface area contributed by atoms with Crippen LogP contribution in [0, 0.1) is 0 Å². The Morgan fingerprint density at radius 2 is 2.11 bits per heavy atom. The molecule has 0 saturated heterocycles. The van der Waals surface area contributed by atoms with Crippen LogP contribution in [0.3, 0.4) is 0 Å². The Kier molecular flexibility index (Phi) is 4.39. The zero-order chi connectivity index (χ0) is 13.0. The van der Waals surface area contributed by atoms with Crippen molar-refractivity contribution < 1.29 is 0 Å². The van der Waals surface area contributed by atoms with Crippen LogP contribution in [0.4, 0.5) is 0 Å². The Morgan fingerprint density at radius 3 is 2.83 bits per heavy atom. The summed E-state index contributed by atoms with van der Waals surface area (Å²) in [4.78, 5) is 0. The van der Waals surface area contributed by atoms with Gasteiger partial charge in [-0.15, -0.1) is 0 Å². The third kappa shape index (κ3) is 2.92. The molecule has 4 heteroatoms. The highest BCUT2D eigenvalue weighted by Gasteiger charge is 2.09. The third-order valence-electron chi connectivity index (χ3n) is 3.07. The fraction of sp³-hybridized carbons (Fsp3) is 0.357. The molecule has 0 radical (unpaired) electrons. The molecule has 0 amide bonds. The quantitative estimate of drug-likeness (QED) is 0.896. The van der Waals surface area contributed by atoms with Crippen LogP contribution < -0.4 is 5.32 Å². The molecular weight excluding hydrogens is 246 g/mol. The average molecular weight is 264 g/mol. The Morgan fingerprint density at radius 1 is 1.33 bits per heavy atom. The summed E-state index contributed by atoms with van der Waals surface area (Å²) >= 11 is 6.18. The highest BCUT2D eigenvalue weighted by molar-refractivity contribution is 6.31. The first-order valence-corrected chi connectivity index (χ1v) is 6.58. The number of nitrogens with zero attached hydrogens (tertiary/aromatic N) is 2. The molecule has 0 saturated carbocycles. The van der Waals surface area contributed by atoms with E-state index in [0.717, 1.165) is 23.7 Å². The molecule has 1 N–H and O–H groups in total. The molecular formula is C14H18ClN3. The van der Waals surface area contributed by atoms with Crippen molar-refractivity contribution in [2.75, 3.05) is 0 Å². The highest BCUT2D eigenvalue weighted by atomic mass is 35.5. The smallest absolute Gasteiger partial charge is 0.0522 e. The molecule has 1 heterocycles. The summed E-state index contributed by atoms with van der Waals surface area (Å²) in [5.41, 5.74) is 2.32. The minimum absolute atomic E-state index is 0.221. The molecule has 3 nitrogen and oxygen atoms in total. The first-order chi connectivity index (χ1) is 8.72. The number of hydrogen-bond donors (Lipinski definition) is 1. The summed E-state index contributed by atoms with van der Waals surface area (Å²) < 4.78 is 1.99. The zero-order valence-electron chi connectivity index (χ0n) is 10.7. The van der Waals surface area contributed by atoms with Gasteiger partial charge in [-0.05, 0) is 31.5 Å². The fourth-order valence-corrected chi connectivity index (χ4v) is 2.29. The van der Waals surface area contributed by atoms with Crippen LogP contribution in [0.2, 0.25) is 5.02 Å². The molecule has 0 aliphatic heterocycles. The second kappa shape index (κ2) is 6.03. The Hall–Kier alpha value is -1.32. The zero-order valence-corrected chi connectivity index (χ0v) is 11.5. The lowest BCUT2D eigenvalue weighted by molar-refractivity contribution is 0.532. The van der Waals surface area contributed by atoms with Crippen LogP contribution in [0.15, 0.2) is 36.5 Å². The van der Waals surface area contributed by atoms with Gasteiger partial charge in [-0.25, -0.2) is 0 Å². The maximum atomic E-state index is 6.18. The van der Waals surface area contributed by atoms with Crippen LogP contribution in [-0.2, 0) is 13.1 Å². The average Bonchev–Trinajstić information content (AvgIpc) is 2.84. The lowest BCUT2D eigenvalue weighted by Crippen LogP contribution is -2.20. The second-order valence-corrected chi connectivity index (χ2v) is 4.67. The van der Waals surface area contributed by atoms with Crippen LogP contribution >= 0.6 is 11.6 Å². The van der Waals surface area contributed by atoms with Crippen molar-refractivity contribution in [3.63, 3.8) is 0 Å². The molecule has 1 unspecified atom stereocenters. The van der Waals surface area contributed by atoms with Gasteiger partial charge in [0.05, 0.1) is 5.69 Å². The van der Waals surface area contributed by atoms with Gasteiger partial charge in [0.2, 0.25) is 0 Å². The summed E-state index contributed by atoms with van der Waals surface area (Å²) in [6, 6.07) is 10.2. The van der Waals surface area contributed by atoms with E-state index in [1.54, 1.807) is 0 Å². The predicted octanol–water partition coefficient (Wildman–Crippen LogP) is 3.41. The molecule has 18 heavy (non-hydrogen) atoms. The number of halogens is 1. The first kappa shape index (κ1) is 13.1. The lowest BCUT2D eigenvalue weighted by atomic mass is 10.1. The van der Waals surface area contributed by atoms with Gasteiger partial charge >= 0.3 is 0 Å². The Bertz CT molecular complexity index is 507. The topological polar surface area (TPSA) is 29.9 Å². The van der Waals surface area contributed by atoms with Gasteiger partial charge in [0, 0.05) is 30.4 Å². The van der Waals surface area contributed by atoms with Gasteiger partial charge in [0.15, 0.2) is 0 Å². The first-order valence-electron chi connectivity index (χ1n) is 6.21. The van der Waals surface area contributed by atoms with Crippen molar-refractivity contribution in [3.05, 3.63) is 52.8 Å². The number of aryl methyl sites for hydroxylation is 1. The summed E-state index contributed by atoms with van der Waals surface area (Å²) in [6.45, 7) is 5.90. The van der Waals surface area contributed by atoms with E-state index in [1.165, 1.54) is 5.69 Å². The largest absolute Gasteiger partial charge is 0.305 e. The van der Waals surface area contributed by atoms with E-state index in [-0.39, 0.29) is 6.04 Å². The van der Waals surface area contributed by atoms with Crippen molar-refractivity contribution >= 4 is 11.6 Å². The predicted molar refractivity (Wildman–Crippen MR) is 74.6 cm³/mol. The van der Waals surface area contributed by atoms with Gasteiger partial charge in [0.1, 0.15) is 0 Å². The molecule has 96 valence electrons. The summed E-state index contributed by atoms with van der Waals surface area (Å²) in [5, 5.41) is 8.53. The van der Waals surface area contributed by atoms with E-state index < -0.39 is 0 Å². The highest BCUT2D eigenvalue weighted by Crippen LogP contribution is 2.22. The number of aromatic nitrogens is 2. The molecule has 1 aromatic heterocycles. The van der Waals surface area contributed by atoms with Gasteiger partial charge < -0.3 is 5.32 Å². The van der Waals surface area contributed by atoms with Crippen LogP contribution in [-0.4, -0.2) is 9.78 Å². The van der Waals surface area contributed by atoms with Gasteiger partial charge in [0.25, 0.3) is 0 Å². The molecule has 0 bridgehead atoms. The van der Waals surface area contributed by atoms with Crippen LogP contribution in [0.1, 0.15) is 31.1 Å². The third-order valence-corrected chi connectivity index (χ3v) is 3.41. The van der Waals surface area contributed by atoms with Crippen LogP contribution in [0.5, 0.6) is 0 Å². The normalized spacial score (nSPS) is 12.6. The van der Waals surface area contributed by atoms with Crippen LogP contribution in [0.25, 0.3) is 0 Å². The lowest BCUT2D eigenvalue weighted by Gasteiger charge is -2.16. The van der Waals surface area contributed by atoms with Crippen molar-refractivity contribution in [3.8, 4) is 0 Å². The standard InChI is InChI=1S/C14H18ClN3/c1-3-18-12(8-9-17-18)10-16-11(2)13-6-4-5-7-14(13)15/h4-9,11,16H,3,10H2,1-2H3. The molecule has 1 aromatic carbocycles. The summed E-state index contributed by atoms with van der Waals surface area (Å²) in [6.07, 6.45) is 1.83. The molecule has 2 aromatic rings. The van der Waals surface area contributed by atoms with E-state index in [9.17, 15) is 0 Å². The minimum atomic E-state index is 0.221. The summed E-state index contributed by atoms with van der Waals surface area (Å²) in [5.74, 6) is 0. The Labute approximate surface area is 113 Å². The molecule has 0 aliphatic carbocycles. The van der Waals surface area contributed by atoms with Gasteiger partial charge in [-0.1, -0.05) is 29.8 Å². The molecule has 2 rings (SSSR count). The van der Waals surface area contributed by atoms with Gasteiger partial charge in [-0.3, -0.25) is 4.68 Å². The maximum absolute atomic E-state index is 6.18. The van der Waals surface area contributed by atoms with Crippen molar-refractivity contribution in [1.29, 1.82) is 0 Å². The maximum Gasteiger partial charge on any atom is 0.0522 e. The Balaban J connectivity index is 2.01. The van der Waals surface area contributed by atoms with Crippen molar-refractivity contribution in [2.24, 2.45) is 0 Å². The SMILES string of the molecule is CCn1nccc1CNC(C)c1ccccc1Cl. The summed E-state index contributed by atoms with van der Waals surface area (Å²) in [7, 11) is 0. The molecule has 0 aliphatic rings. The van der Waals surface area contributed by atoms with E-state index >= 15 is 0 Å². The number of benzene rings is 1. The van der Waals surface area contributed by atoms with E-state index in [2.05, 4.69) is 30.3 Å². The van der Waals surface area contributed by atoms with E-state index in [0.29, 0.717) is 0 Å². The van der Waals surface area contributed by atoms with E-state index in [1.807, 2.05) is 35.1 Å². The second-order valence-electron chi connectivity index (χ2n) is 4.26. The fourth-order valence-electron chi connectivity index (χ4n) is 1.99. The number of hydrogen-bond acceptors (Lipinski definition) is 2.